The fourth-order valence-corrected chi connectivity index (χ4v) is 3.49. The Balaban J connectivity index is 2.05. The van der Waals surface area contributed by atoms with Crippen LogP contribution in [0.4, 0.5) is 0 Å². The highest BCUT2D eigenvalue weighted by Crippen LogP contribution is 2.34. The number of carbonyl (C=O) groups is 1. The van der Waals surface area contributed by atoms with Gasteiger partial charge >= 0.3 is 0 Å². The van der Waals surface area contributed by atoms with Gasteiger partial charge in [-0.1, -0.05) is 15.9 Å². The molecule has 2 nitrogen and oxygen atoms in total. The second-order valence-corrected chi connectivity index (χ2v) is 6.25. The van der Waals surface area contributed by atoms with Gasteiger partial charge in [0, 0.05) is 15.6 Å². The first-order valence-electron chi connectivity index (χ1n) is 7.11. The SMILES string of the molecule is COc1ccc(C(=O)c2cc(Br)c(C)c3c2CCC3)cc1. The van der Waals surface area contributed by atoms with Crippen molar-refractivity contribution in [1.82, 2.24) is 0 Å². The van der Waals surface area contributed by atoms with Crippen molar-refractivity contribution in [3.8, 4) is 5.75 Å². The predicted octanol–water partition coefficient (Wildman–Crippen LogP) is 4.49. The van der Waals surface area contributed by atoms with Crippen LogP contribution in [0, 0.1) is 6.92 Å². The first-order valence-corrected chi connectivity index (χ1v) is 7.90. The lowest BCUT2D eigenvalue weighted by atomic mass is 9.93. The molecule has 0 spiro atoms. The fraction of sp³-hybridized carbons (Fsp3) is 0.278. The topological polar surface area (TPSA) is 26.3 Å². The Hall–Kier alpha value is -1.61. The Morgan fingerprint density at radius 1 is 1.14 bits per heavy atom. The van der Waals surface area contributed by atoms with E-state index in [0.29, 0.717) is 5.56 Å². The van der Waals surface area contributed by atoms with E-state index in [0.717, 1.165) is 35.0 Å². The zero-order valence-corrected chi connectivity index (χ0v) is 13.8. The van der Waals surface area contributed by atoms with Gasteiger partial charge in [0.15, 0.2) is 5.78 Å². The van der Waals surface area contributed by atoms with Crippen molar-refractivity contribution in [2.75, 3.05) is 7.11 Å². The number of benzene rings is 2. The molecule has 0 saturated carbocycles. The van der Waals surface area contributed by atoms with Crippen molar-refractivity contribution in [2.24, 2.45) is 0 Å². The molecule has 2 aromatic carbocycles. The van der Waals surface area contributed by atoms with E-state index < -0.39 is 0 Å². The first kappa shape index (κ1) is 14.3. The monoisotopic (exact) mass is 344 g/mol. The van der Waals surface area contributed by atoms with Gasteiger partial charge in [-0.3, -0.25) is 4.79 Å². The predicted molar refractivity (Wildman–Crippen MR) is 87.3 cm³/mol. The molecule has 108 valence electrons. The Morgan fingerprint density at radius 3 is 2.48 bits per heavy atom. The molecule has 1 aliphatic carbocycles. The Morgan fingerprint density at radius 2 is 1.81 bits per heavy atom. The van der Waals surface area contributed by atoms with E-state index in [4.69, 9.17) is 4.74 Å². The minimum absolute atomic E-state index is 0.0940. The van der Waals surface area contributed by atoms with Gasteiger partial charge in [-0.2, -0.15) is 0 Å². The van der Waals surface area contributed by atoms with Crippen LogP contribution < -0.4 is 4.74 Å². The summed E-state index contributed by atoms with van der Waals surface area (Å²) in [5.74, 6) is 0.860. The van der Waals surface area contributed by atoms with Crippen LogP contribution in [0.5, 0.6) is 5.75 Å². The third-order valence-electron chi connectivity index (χ3n) is 4.22. The van der Waals surface area contributed by atoms with Gasteiger partial charge in [-0.25, -0.2) is 0 Å². The Labute approximate surface area is 133 Å². The third-order valence-corrected chi connectivity index (χ3v) is 5.05. The number of fused-ring (bicyclic) bond motifs is 1. The molecule has 0 aliphatic heterocycles. The highest BCUT2D eigenvalue weighted by molar-refractivity contribution is 9.10. The lowest BCUT2D eigenvalue weighted by Gasteiger charge is -2.12. The summed E-state index contributed by atoms with van der Waals surface area (Å²) in [5.41, 5.74) is 5.40. The second kappa shape index (κ2) is 5.64. The average Bonchev–Trinajstić information content (AvgIpc) is 3.00. The zero-order chi connectivity index (χ0) is 15.0. The molecule has 0 fully saturated rings. The highest BCUT2D eigenvalue weighted by Gasteiger charge is 2.23. The molecule has 3 heteroatoms. The summed E-state index contributed by atoms with van der Waals surface area (Å²) in [6, 6.07) is 9.30. The lowest BCUT2D eigenvalue weighted by Crippen LogP contribution is -2.07. The quantitative estimate of drug-likeness (QED) is 0.767. The van der Waals surface area contributed by atoms with E-state index in [-0.39, 0.29) is 5.78 Å². The lowest BCUT2D eigenvalue weighted by molar-refractivity contribution is 0.103. The van der Waals surface area contributed by atoms with E-state index >= 15 is 0 Å². The number of rotatable bonds is 3. The standard InChI is InChI=1S/C18H17BrO2/c1-11-14-4-3-5-15(14)16(10-17(11)19)18(20)12-6-8-13(21-2)9-7-12/h6-10H,3-5H2,1-2H3. The van der Waals surface area contributed by atoms with E-state index in [1.165, 1.54) is 16.7 Å². The molecule has 0 atom stereocenters. The molecule has 3 rings (SSSR count). The van der Waals surface area contributed by atoms with Crippen LogP contribution in [0.2, 0.25) is 0 Å². The van der Waals surface area contributed by atoms with Crippen LogP contribution in [-0.4, -0.2) is 12.9 Å². The highest BCUT2D eigenvalue weighted by atomic mass is 79.9. The molecule has 0 saturated heterocycles. The van der Waals surface area contributed by atoms with Gasteiger partial charge in [-0.05, 0) is 73.2 Å². The normalized spacial score (nSPS) is 13.1. The minimum Gasteiger partial charge on any atom is -0.497 e. The van der Waals surface area contributed by atoms with Crippen LogP contribution in [0.25, 0.3) is 0 Å². The van der Waals surface area contributed by atoms with Crippen molar-refractivity contribution < 1.29 is 9.53 Å². The summed E-state index contributed by atoms with van der Waals surface area (Å²) in [6.07, 6.45) is 3.21. The summed E-state index contributed by atoms with van der Waals surface area (Å²) < 4.78 is 6.17. The van der Waals surface area contributed by atoms with E-state index in [1.807, 2.05) is 30.3 Å². The van der Waals surface area contributed by atoms with Crippen LogP contribution in [0.3, 0.4) is 0 Å². The van der Waals surface area contributed by atoms with Crippen LogP contribution >= 0.6 is 15.9 Å². The maximum atomic E-state index is 12.8. The molecule has 21 heavy (non-hydrogen) atoms. The number of methoxy groups -OCH3 is 1. The third kappa shape index (κ3) is 2.51. The zero-order valence-electron chi connectivity index (χ0n) is 12.2. The largest absolute Gasteiger partial charge is 0.497 e. The number of ether oxygens (including phenoxy) is 1. The minimum atomic E-state index is 0.0940. The van der Waals surface area contributed by atoms with Crippen molar-refractivity contribution in [3.63, 3.8) is 0 Å². The van der Waals surface area contributed by atoms with E-state index in [2.05, 4.69) is 22.9 Å². The number of hydrogen-bond donors (Lipinski definition) is 0. The Bertz CT molecular complexity index is 702. The molecule has 0 unspecified atom stereocenters. The van der Waals surface area contributed by atoms with Gasteiger partial charge in [0.1, 0.15) is 5.75 Å². The maximum absolute atomic E-state index is 12.8. The maximum Gasteiger partial charge on any atom is 0.193 e. The van der Waals surface area contributed by atoms with Crippen molar-refractivity contribution in [1.29, 1.82) is 0 Å². The van der Waals surface area contributed by atoms with Crippen LogP contribution in [-0.2, 0) is 12.8 Å². The van der Waals surface area contributed by atoms with Crippen molar-refractivity contribution in [3.05, 3.63) is 62.6 Å². The van der Waals surface area contributed by atoms with E-state index in [9.17, 15) is 4.79 Å². The van der Waals surface area contributed by atoms with Crippen molar-refractivity contribution >= 4 is 21.7 Å². The molecule has 1 aliphatic rings. The fourth-order valence-electron chi connectivity index (χ4n) is 3.02. The molecule has 0 amide bonds. The molecule has 2 aromatic rings. The van der Waals surface area contributed by atoms with Gasteiger partial charge in [0.25, 0.3) is 0 Å². The molecule has 0 aromatic heterocycles. The van der Waals surface area contributed by atoms with Crippen LogP contribution in [0.1, 0.15) is 39.0 Å². The summed E-state index contributed by atoms with van der Waals surface area (Å²) in [7, 11) is 1.63. The molecule has 0 heterocycles. The number of ketones is 1. The molecule has 0 radical (unpaired) electrons. The van der Waals surface area contributed by atoms with Crippen LogP contribution in [0.15, 0.2) is 34.8 Å². The number of halogens is 1. The number of hydrogen-bond acceptors (Lipinski definition) is 2. The smallest absolute Gasteiger partial charge is 0.193 e. The van der Waals surface area contributed by atoms with E-state index in [1.54, 1.807) is 7.11 Å². The molecule has 0 N–H and O–H groups in total. The molecule has 0 bridgehead atoms. The van der Waals surface area contributed by atoms with Gasteiger partial charge in [0.05, 0.1) is 7.11 Å². The Kier molecular flexibility index (Phi) is 3.85. The second-order valence-electron chi connectivity index (χ2n) is 5.40. The summed E-state index contributed by atoms with van der Waals surface area (Å²) >= 11 is 3.59. The molecular formula is C18H17BrO2. The van der Waals surface area contributed by atoms with Gasteiger partial charge in [-0.15, -0.1) is 0 Å². The summed E-state index contributed by atoms with van der Waals surface area (Å²) in [5, 5.41) is 0. The average molecular weight is 345 g/mol. The van der Waals surface area contributed by atoms with Gasteiger partial charge in [0.2, 0.25) is 0 Å². The van der Waals surface area contributed by atoms with Crippen molar-refractivity contribution in [2.45, 2.75) is 26.2 Å². The van der Waals surface area contributed by atoms with Gasteiger partial charge < -0.3 is 4.74 Å². The summed E-state index contributed by atoms with van der Waals surface area (Å²) in [6.45, 7) is 2.12. The first-order chi connectivity index (χ1) is 10.1. The number of carbonyl (C=O) groups excluding carboxylic acids is 1. The molecular weight excluding hydrogens is 328 g/mol. The summed E-state index contributed by atoms with van der Waals surface area (Å²) in [4.78, 5) is 12.8.